The molecule has 0 heterocycles. The number of benzene rings is 2. The highest BCUT2D eigenvalue weighted by Gasteiger charge is 1.99. The summed E-state index contributed by atoms with van der Waals surface area (Å²) in [6, 6.07) is 12.1. The van der Waals surface area contributed by atoms with Gasteiger partial charge in [-0.25, -0.2) is 0 Å². The van der Waals surface area contributed by atoms with Gasteiger partial charge in [-0.05, 0) is 35.0 Å². The van der Waals surface area contributed by atoms with Crippen molar-refractivity contribution in [3.8, 4) is 11.5 Å². The van der Waals surface area contributed by atoms with E-state index in [0.717, 1.165) is 22.2 Å². The molecule has 0 aliphatic carbocycles. The Balaban J connectivity index is 2.35. The summed E-state index contributed by atoms with van der Waals surface area (Å²) in [4.78, 5) is 0. The van der Waals surface area contributed by atoms with Gasteiger partial charge in [0.25, 0.3) is 0 Å². The van der Waals surface area contributed by atoms with Gasteiger partial charge >= 0.3 is 0 Å². The van der Waals surface area contributed by atoms with E-state index in [2.05, 4.69) is 22.0 Å². The molecular formula is C13H13BrO2. The van der Waals surface area contributed by atoms with Crippen molar-refractivity contribution in [2.24, 2.45) is 0 Å². The fourth-order valence-electron chi connectivity index (χ4n) is 1.58. The third kappa shape index (κ3) is 2.47. The Morgan fingerprint density at radius 1 is 1.00 bits per heavy atom. The first-order valence-corrected chi connectivity index (χ1v) is 6.22. The normalized spacial score (nSPS) is 10.4. The van der Waals surface area contributed by atoms with Crippen molar-refractivity contribution in [3.05, 3.63) is 36.4 Å². The molecule has 0 atom stereocenters. The van der Waals surface area contributed by atoms with Crippen LogP contribution in [-0.2, 0) is 0 Å². The topological polar surface area (TPSA) is 18.5 Å². The standard InChI is InChI=1S/C13H13BrO2/c1-15-12-4-2-10-3-5-13(16-7-6-14)9-11(10)8-12/h2-5,8-9H,6-7H2,1H3. The number of ether oxygens (including phenoxy) is 2. The first-order chi connectivity index (χ1) is 7.83. The van der Waals surface area contributed by atoms with Crippen molar-refractivity contribution in [2.75, 3.05) is 19.0 Å². The highest BCUT2D eigenvalue weighted by molar-refractivity contribution is 9.09. The van der Waals surface area contributed by atoms with E-state index in [1.807, 2.05) is 30.3 Å². The lowest BCUT2D eigenvalue weighted by molar-refractivity contribution is 0.345. The number of hydrogen-bond donors (Lipinski definition) is 0. The highest BCUT2D eigenvalue weighted by Crippen LogP contribution is 2.24. The lowest BCUT2D eigenvalue weighted by Gasteiger charge is -2.06. The zero-order valence-electron chi connectivity index (χ0n) is 9.07. The van der Waals surface area contributed by atoms with Gasteiger partial charge in [-0.2, -0.15) is 0 Å². The minimum Gasteiger partial charge on any atom is -0.497 e. The molecule has 2 aromatic rings. The van der Waals surface area contributed by atoms with Crippen molar-refractivity contribution in [2.45, 2.75) is 0 Å². The van der Waals surface area contributed by atoms with E-state index in [9.17, 15) is 0 Å². The van der Waals surface area contributed by atoms with Gasteiger partial charge in [0, 0.05) is 5.33 Å². The molecule has 0 spiro atoms. The molecule has 0 N–H and O–H groups in total. The molecule has 0 aromatic heterocycles. The van der Waals surface area contributed by atoms with Crippen LogP contribution in [0.3, 0.4) is 0 Å². The average Bonchev–Trinajstić information content (AvgIpc) is 2.35. The Morgan fingerprint density at radius 2 is 1.69 bits per heavy atom. The van der Waals surface area contributed by atoms with Crippen LogP contribution in [0.25, 0.3) is 10.8 Å². The molecule has 16 heavy (non-hydrogen) atoms. The van der Waals surface area contributed by atoms with Crippen LogP contribution in [0.1, 0.15) is 0 Å². The van der Waals surface area contributed by atoms with Crippen LogP contribution in [-0.4, -0.2) is 19.0 Å². The molecule has 0 fully saturated rings. The fourth-order valence-corrected chi connectivity index (χ4v) is 1.74. The van der Waals surface area contributed by atoms with E-state index in [1.54, 1.807) is 7.11 Å². The molecule has 3 heteroatoms. The number of fused-ring (bicyclic) bond motifs is 1. The van der Waals surface area contributed by atoms with E-state index in [0.29, 0.717) is 6.61 Å². The summed E-state index contributed by atoms with van der Waals surface area (Å²) in [5, 5.41) is 3.15. The highest BCUT2D eigenvalue weighted by atomic mass is 79.9. The summed E-state index contributed by atoms with van der Waals surface area (Å²) >= 11 is 3.33. The van der Waals surface area contributed by atoms with Gasteiger partial charge in [0.2, 0.25) is 0 Å². The van der Waals surface area contributed by atoms with E-state index in [-0.39, 0.29) is 0 Å². The number of rotatable bonds is 4. The quantitative estimate of drug-likeness (QED) is 0.797. The SMILES string of the molecule is COc1ccc2ccc(OCCBr)cc2c1. The summed E-state index contributed by atoms with van der Waals surface area (Å²) in [5.74, 6) is 1.75. The molecule has 2 aromatic carbocycles. The molecule has 0 aliphatic rings. The fraction of sp³-hybridized carbons (Fsp3) is 0.231. The van der Waals surface area contributed by atoms with Gasteiger partial charge < -0.3 is 9.47 Å². The number of methoxy groups -OCH3 is 1. The summed E-state index contributed by atoms with van der Waals surface area (Å²) in [6.07, 6.45) is 0. The van der Waals surface area contributed by atoms with E-state index in [4.69, 9.17) is 9.47 Å². The lowest BCUT2D eigenvalue weighted by Crippen LogP contribution is -1.97. The van der Waals surface area contributed by atoms with Gasteiger partial charge in [0.05, 0.1) is 13.7 Å². The monoisotopic (exact) mass is 280 g/mol. The van der Waals surface area contributed by atoms with Gasteiger partial charge in [0.1, 0.15) is 11.5 Å². The molecule has 0 unspecified atom stereocenters. The molecule has 2 nitrogen and oxygen atoms in total. The zero-order valence-corrected chi connectivity index (χ0v) is 10.7. The van der Waals surface area contributed by atoms with Crippen LogP contribution < -0.4 is 9.47 Å². The maximum atomic E-state index is 5.55. The predicted molar refractivity (Wildman–Crippen MR) is 69.8 cm³/mol. The molecule has 0 radical (unpaired) electrons. The Morgan fingerprint density at radius 3 is 2.38 bits per heavy atom. The largest absolute Gasteiger partial charge is 0.497 e. The minimum absolute atomic E-state index is 0.676. The van der Waals surface area contributed by atoms with Crippen molar-refractivity contribution >= 4 is 26.7 Å². The van der Waals surface area contributed by atoms with E-state index >= 15 is 0 Å². The lowest BCUT2D eigenvalue weighted by atomic mass is 10.1. The van der Waals surface area contributed by atoms with Crippen LogP contribution in [0.4, 0.5) is 0 Å². The van der Waals surface area contributed by atoms with Gasteiger partial charge in [-0.15, -0.1) is 0 Å². The number of alkyl halides is 1. The van der Waals surface area contributed by atoms with Gasteiger partial charge in [-0.1, -0.05) is 28.1 Å². The molecule has 2 rings (SSSR count). The van der Waals surface area contributed by atoms with Crippen LogP contribution in [0.2, 0.25) is 0 Å². The molecular weight excluding hydrogens is 268 g/mol. The Bertz CT molecular complexity index is 482. The summed E-state index contributed by atoms with van der Waals surface area (Å²) in [5.41, 5.74) is 0. The van der Waals surface area contributed by atoms with Crippen LogP contribution in [0, 0.1) is 0 Å². The Labute approximate surface area is 103 Å². The second-order valence-electron chi connectivity index (χ2n) is 3.41. The molecule has 0 amide bonds. The molecule has 0 saturated carbocycles. The maximum absolute atomic E-state index is 5.55. The second-order valence-corrected chi connectivity index (χ2v) is 4.21. The minimum atomic E-state index is 0.676. The number of hydrogen-bond acceptors (Lipinski definition) is 2. The number of halogens is 1. The predicted octanol–water partition coefficient (Wildman–Crippen LogP) is 3.62. The zero-order chi connectivity index (χ0) is 11.4. The van der Waals surface area contributed by atoms with Crippen molar-refractivity contribution in [1.29, 1.82) is 0 Å². The molecule has 0 saturated heterocycles. The van der Waals surface area contributed by atoms with Crippen LogP contribution in [0.5, 0.6) is 11.5 Å². The molecule has 84 valence electrons. The summed E-state index contributed by atoms with van der Waals surface area (Å²) in [7, 11) is 1.67. The van der Waals surface area contributed by atoms with E-state index < -0.39 is 0 Å². The van der Waals surface area contributed by atoms with Crippen LogP contribution >= 0.6 is 15.9 Å². The third-order valence-corrected chi connectivity index (χ3v) is 2.69. The Kier molecular flexibility index (Phi) is 3.67. The second kappa shape index (κ2) is 5.21. The first-order valence-electron chi connectivity index (χ1n) is 5.10. The third-order valence-electron chi connectivity index (χ3n) is 2.36. The smallest absolute Gasteiger partial charge is 0.119 e. The Hall–Kier alpha value is -1.22. The van der Waals surface area contributed by atoms with Crippen molar-refractivity contribution < 1.29 is 9.47 Å². The van der Waals surface area contributed by atoms with Gasteiger partial charge in [0.15, 0.2) is 0 Å². The molecule has 0 aliphatic heterocycles. The molecule has 0 bridgehead atoms. The maximum Gasteiger partial charge on any atom is 0.119 e. The first kappa shape index (κ1) is 11.3. The van der Waals surface area contributed by atoms with E-state index in [1.165, 1.54) is 5.39 Å². The van der Waals surface area contributed by atoms with Crippen molar-refractivity contribution in [1.82, 2.24) is 0 Å². The summed E-state index contributed by atoms with van der Waals surface area (Å²) < 4.78 is 10.7. The van der Waals surface area contributed by atoms with Crippen molar-refractivity contribution in [3.63, 3.8) is 0 Å². The summed E-state index contributed by atoms with van der Waals surface area (Å²) in [6.45, 7) is 0.676. The van der Waals surface area contributed by atoms with Gasteiger partial charge in [-0.3, -0.25) is 0 Å². The average molecular weight is 281 g/mol. The van der Waals surface area contributed by atoms with Crippen LogP contribution in [0.15, 0.2) is 36.4 Å².